The molecule has 0 spiro atoms. The van der Waals surface area contributed by atoms with Crippen LogP contribution in [-0.4, -0.2) is 56.0 Å². The van der Waals surface area contributed by atoms with Crippen LogP contribution in [0.2, 0.25) is 0 Å². The molecule has 8 heteroatoms. The van der Waals surface area contributed by atoms with Crippen molar-refractivity contribution in [2.75, 3.05) is 43.1 Å². The van der Waals surface area contributed by atoms with Gasteiger partial charge in [0.1, 0.15) is 17.9 Å². The minimum absolute atomic E-state index is 0.0933. The lowest BCUT2D eigenvalue weighted by atomic mass is 9.98. The van der Waals surface area contributed by atoms with E-state index in [0.717, 1.165) is 43.1 Å². The molecule has 0 aliphatic carbocycles. The van der Waals surface area contributed by atoms with Crippen LogP contribution in [0.15, 0.2) is 42.5 Å². The molecule has 0 unspecified atom stereocenters. The number of anilines is 2. The first-order valence-electron chi connectivity index (χ1n) is 11.6. The minimum atomic E-state index is -0.842. The van der Waals surface area contributed by atoms with E-state index in [9.17, 15) is 9.59 Å². The van der Waals surface area contributed by atoms with Crippen molar-refractivity contribution in [2.45, 2.75) is 40.2 Å². The molecule has 1 heterocycles. The fraction of sp³-hybridized carbons (Fsp3) is 0.423. The maximum atomic E-state index is 12.1. The fourth-order valence-electron chi connectivity index (χ4n) is 3.45. The molecule has 0 saturated carbocycles. The van der Waals surface area contributed by atoms with E-state index >= 15 is 0 Å². The molecule has 8 nitrogen and oxygen atoms in total. The Hall–Kier alpha value is -3.39. The van der Waals surface area contributed by atoms with Gasteiger partial charge in [0.25, 0.3) is 5.91 Å². The maximum absolute atomic E-state index is 12.1. The van der Waals surface area contributed by atoms with Gasteiger partial charge in [-0.05, 0) is 56.2 Å². The number of hydrogen-bond donors (Lipinski definition) is 3. The average molecular weight is 469 g/mol. The van der Waals surface area contributed by atoms with E-state index < -0.39 is 17.5 Å². The Bertz CT molecular complexity index is 991. The zero-order valence-electron chi connectivity index (χ0n) is 20.7. The van der Waals surface area contributed by atoms with Gasteiger partial charge >= 0.3 is 5.97 Å². The molecule has 0 bridgehead atoms. The predicted molar refractivity (Wildman–Crippen MR) is 137 cm³/mol. The van der Waals surface area contributed by atoms with Gasteiger partial charge in [-0.1, -0.05) is 32.0 Å². The number of nitrogens with zero attached hydrogens (tertiary/aromatic N) is 1. The van der Waals surface area contributed by atoms with Gasteiger partial charge in [0.15, 0.2) is 0 Å². The molecule has 2 aromatic rings. The van der Waals surface area contributed by atoms with Gasteiger partial charge in [-0.2, -0.15) is 0 Å². The second-order valence-corrected chi connectivity index (χ2v) is 8.59. The van der Waals surface area contributed by atoms with Crippen molar-refractivity contribution < 1.29 is 19.1 Å². The highest BCUT2D eigenvalue weighted by Gasteiger charge is 2.19. The summed E-state index contributed by atoms with van der Waals surface area (Å²) < 4.78 is 10.7. The lowest BCUT2D eigenvalue weighted by molar-refractivity contribution is -0.152. The molecule has 1 aliphatic rings. The van der Waals surface area contributed by atoms with Crippen LogP contribution in [-0.2, 0) is 19.1 Å². The van der Waals surface area contributed by atoms with Crippen molar-refractivity contribution >= 4 is 29.0 Å². The summed E-state index contributed by atoms with van der Waals surface area (Å²) in [5, 5.41) is 11.1. The van der Waals surface area contributed by atoms with Crippen molar-refractivity contribution in [1.82, 2.24) is 0 Å². The summed E-state index contributed by atoms with van der Waals surface area (Å²) in [4.78, 5) is 26.0. The van der Waals surface area contributed by atoms with Crippen molar-refractivity contribution in [3.8, 4) is 11.1 Å². The Kier molecular flexibility index (Phi) is 9.62. The first-order chi connectivity index (χ1) is 16.1. The molecule has 0 radical (unpaired) electrons. The number of nitrogens with one attached hydrogen (secondary N) is 2. The van der Waals surface area contributed by atoms with Crippen molar-refractivity contribution in [2.24, 2.45) is 5.73 Å². The zero-order chi connectivity index (χ0) is 25.3. The minimum Gasteiger partial charge on any atom is -0.459 e. The third kappa shape index (κ3) is 7.59. The van der Waals surface area contributed by atoms with Crippen LogP contribution in [0, 0.1) is 5.41 Å². The van der Waals surface area contributed by atoms with E-state index in [1.165, 1.54) is 0 Å². The summed E-state index contributed by atoms with van der Waals surface area (Å²) in [6.45, 7) is 12.4. The van der Waals surface area contributed by atoms with E-state index in [2.05, 4.69) is 10.2 Å². The highest BCUT2D eigenvalue weighted by atomic mass is 16.6. The Labute approximate surface area is 201 Å². The Morgan fingerprint density at radius 1 is 1.06 bits per heavy atom. The molecule has 1 aliphatic heterocycles. The molecule has 0 atom stereocenters. The normalized spacial score (nSPS) is 13.4. The maximum Gasteiger partial charge on any atom is 0.325 e. The Morgan fingerprint density at radius 2 is 1.65 bits per heavy atom. The second-order valence-electron chi connectivity index (χ2n) is 8.59. The number of morpholine rings is 1. The monoisotopic (exact) mass is 468 g/mol. The van der Waals surface area contributed by atoms with Crippen molar-refractivity contribution in [1.29, 1.82) is 5.41 Å². The summed E-state index contributed by atoms with van der Waals surface area (Å²) in [7, 11) is 0. The van der Waals surface area contributed by atoms with Crippen LogP contribution in [0.1, 0.15) is 40.2 Å². The van der Waals surface area contributed by atoms with Gasteiger partial charge in [-0.3, -0.25) is 15.0 Å². The van der Waals surface area contributed by atoms with E-state index in [1.807, 2.05) is 44.2 Å². The summed E-state index contributed by atoms with van der Waals surface area (Å²) in [6, 6.07) is 13.5. The summed E-state index contributed by atoms with van der Waals surface area (Å²) in [6.07, 6.45) is 0. The molecule has 3 rings (SSSR count). The van der Waals surface area contributed by atoms with Crippen LogP contribution in [0.25, 0.3) is 11.1 Å². The Balaban J connectivity index is 0.00000199. The van der Waals surface area contributed by atoms with Crippen LogP contribution < -0.4 is 16.0 Å². The van der Waals surface area contributed by atoms with E-state index in [4.69, 9.17) is 20.6 Å². The first kappa shape index (κ1) is 26.9. The van der Waals surface area contributed by atoms with Gasteiger partial charge in [-0.15, -0.1) is 0 Å². The topological polar surface area (TPSA) is 118 Å². The van der Waals surface area contributed by atoms with Crippen LogP contribution in [0.5, 0.6) is 0 Å². The highest BCUT2D eigenvalue weighted by Crippen LogP contribution is 2.28. The summed E-state index contributed by atoms with van der Waals surface area (Å²) in [5.74, 6) is -1.28. The smallest absolute Gasteiger partial charge is 0.325 e. The number of carbonyl (C=O) groups is 2. The van der Waals surface area contributed by atoms with Gasteiger partial charge in [0, 0.05) is 30.0 Å². The van der Waals surface area contributed by atoms with E-state index in [0.29, 0.717) is 11.3 Å². The standard InChI is InChI=1S/C24H30N4O4.C2H6/c1-24(2,3)32-21(29)15-27-20-9-6-17(14-19(20)22(25)23(26)30)16-4-7-18(8-5-16)28-10-12-31-13-11-28;1-2/h4-9,14,25,27H,10-13,15H2,1-3H3,(H2,26,30);1-2H3. The third-order valence-electron chi connectivity index (χ3n) is 4.96. The highest BCUT2D eigenvalue weighted by molar-refractivity contribution is 6.44. The molecule has 1 saturated heterocycles. The predicted octanol–water partition coefficient (Wildman–Crippen LogP) is 3.82. The van der Waals surface area contributed by atoms with Gasteiger partial charge in [0.2, 0.25) is 0 Å². The van der Waals surface area contributed by atoms with Gasteiger partial charge in [0.05, 0.1) is 13.2 Å². The SMILES string of the molecule is CC.CC(C)(C)OC(=O)CNc1ccc(-c2ccc(N3CCOCC3)cc2)cc1C(=N)C(N)=O. The second kappa shape index (κ2) is 12.2. The number of primary amides is 1. The molecular weight excluding hydrogens is 432 g/mol. The number of esters is 1. The van der Waals surface area contributed by atoms with Gasteiger partial charge in [-0.25, -0.2) is 0 Å². The van der Waals surface area contributed by atoms with Gasteiger partial charge < -0.3 is 25.4 Å². The molecular formula is C26H36N4O4. The average Bonchev–Trinajstić information content (AvgIpc) is 2.83. The molecule has 1 amide bonds. The van der Waals surface area contributed by atoms with E-state index in [-0.39, 0.29) is 12.3 Å². The molecule has 1 fully saturated rings. The van der Waals surface area contributed by atoms with Crippen molar-refractivity contribution in [3.63, 3.8) is 0 Å². The number of amides is 1. The van der Waals surface area contributed by atoms with E-state index in [1.54, 1.807) is 32.9 Å². The summed E-state index contributed by atoms with van der Waals surface area (Å²) in [5.41, 5.74) is 8.14. The largest absolute Gasteiger partial charge is 0.459 e. The lowest BCUT2D eigenvalue weighted by Gasteiger charge is -2.29. The number of nitrogens with two attached hydrogens (primary N) is 1. The van der Waals surface area contributed by atoms with Crippen molar-refractivity contribution in [3.05, 3.63) is 48.0 Å². The zero-order valence-corrected chi connectivity index (χ0v) is 20.7. The number of rotatable bonds is 7. The number of hydrogen-bond acceptors (Lipinski definition) is 7. The number of benzene rings is 2. The number of ether oxygens (including phenoxy) is 2. The number of carbonyl (C=O) groups excluding carboxylic acids is 2. The quantitative estimate of drug-likeness (QED) is 0.420. The molecule has 184 valence electrons. The fourth-order valence-corrected chi connectivity index (χ4v) is 3.45. The van der Waals surface area contributed by atoms with Crippen LogP contribution in [0.3, 0.4) is 0 Å². The first-order valence-corrected chi connectivity index (χ1v) is 11.6. The Morgan fingerprint density at radius 3 is 2.21 bits per heavy atom. The lowest BCUT2D eigenvalue weighted by Crippen LogP contribution is -2.36. The van der Waals surface area contributed by atoms with Crippen LogP contribution in [0.4, 0.5) is 11.4 Å². The third-order valence-corrected chi connectivity index (χ3v) is 4.96. The van der Waals surface area contributed by atoms with Crippen LogP contribution >= 0.6 is 0 Å². The molecule has 34 heavy (non-hydrogen) atoms. The molecule has 2 aromatic carbocycles. The molecule has 0 aromatic heterocycles. The summed E-state index contributed by atoms with van der Waals surface area (Å²) >= 11 is 0. The molecule has 4 N–H and O–H groups in total.